The minimum Gasteiger partial charge on any atom is -0.494 e. The first kappa shape index (κ1) is 21.7. The second-order valence-electron chi connectivity index (χ2n) is 6.83. The summed E-state index contributed by atoms with van der Waals surface area (Å²) in [7, 11) is 0. The van der Waals surface area contributed by atoms with Crippen LogP contribution in [0.25, 0.3) is 6.08 Å². The van der Waals surface area contributed by atoms with Crippen molar-refractivity contribution in [2.75, 3.05) is 17.3 Å². The first-order valence-corrected chi connectivity index (χ1v) is 10.9. The van der Waals surface area contributed by atoms with Crippen molar-refractivity contribution < 1.29 is 14.3 Å². The Kier molecular flexibility index (Phi) is 7.36. The Labute approximate surface area is 182 Å². The normalized spacial score (nSPS) is 14.9. The zero-order valence-corrected chi connectivity index (χ0v) is 18.3. The second-order valence-corrected chi connectivity index (χ2v) is 7.81. The summed E-state index contributed by atoms with van der Waals surface area (Å²) >= 11 is 1.47. The molecule has 2 aromatic rings. The molecule has 30 heavy (non-hydrogen) atoms. The van der Waals surface area contributed by atoms with Gasteiger partial charge in [0.05, 0.1) is 18.4 Å². The molecular formula is C24H26N2O3S. The molecule has 2 aromatic carbocycles. The van der Waals surface area contributed by atoms with E-state index in [-0.39, 0.29) is 12.0 Å². The number of carbonyl (C=O) groups excluding carboxylic acids is 1. The van der Waals surface area contributed by atoms with Gasteiger partial charge in [-0.15, -0.1) is 6.58 Å². The van der Waals surface area contributed by atoms with Gasteiger partial charge in [-0.2, -0.15) is 0 Å². The lowest BCUT2D eigenvalue weighted by Crippen LogP contribution is -2.30. The highest BCUT2D eigenvalue weighted by molar-refractivity contribution is 8.14. The topological polar surface area (TPSA) is 51.1 Å². The molecule has 0 aliphatic carbocycles. The average Bonchev–Trinajstić information content (AvgIpc) is 3.03. The van der Waals surface area contributed by atoms with Gasteiger partial charge in [-0.25, -0.2) is 4.99 Å². The Morgan fingerprint density at radius 3 is 2.37 bits per heavy atom. The molecule has 1 aliphatic heterocycles. The average molecular weight is 423 g/mol. The van der Waals surface area contributed by atoms with Crippen LogP contribution in [0.1, 0.15) is 26.3 Å². The summed E-state index contributed by atoms with van der Waals surface area (Å²) in [5.74, 6) is 2.07. The van der Waals surface area contributed by atoms with Crippen molar-refractivity contribution in [2.45, 2.75) is 26.9 Å². The van der Waals surface area contributed by atoms with Crippen LogP contribution in [0.15, 0.2) is 71.9 Å². The van der Waals surface area contributed by atoms with E-state index in [4.69, 9.17) is 9.47 Å². The van der Waals surface area contributed by atoms with E-state index in [1.807, 2.05) is 69.3 Å². The molecule has 6 heteroatoms. The van der Waals surface area contributed by atoms with Crippen molar-refractivity contribution in [3.63, 3.8) is 0 Å². The molecule has 0 fully saturated rings. The fraction of sp³-hybridized carbons (Fsp3) is 0.250. The molecule has 1 heterocycles. The molecule has 1 aliphatic rings. The van der Waals surface area contributed by atoms with Gasteiger partial charge in [-0.3, -0.25) is 9.69 Å². The van der Waals surface area contributed by atoms with Gasteiger partial charge < -0.3 is 9.47 Å². The van der Waals surface area contributed by atoms with E-state index in [0.717, 1.165) is 22.7 Å². The van der Waals surface area contributed by atoms with E-state index < -0.39 is 0 Å². The van der Waals surface area contributed by atoms with Crippen molar-refractivity contribution in [1.29, 1.82) is 0 Å². The van der Waals surface area contributed by atoms with E-state index in [1.54, 1.807) is 17.1 Å². The van der Waals surface area contributed by atoms with Crippen LogP contribution < -0.4 is 14.4 Å². The molecular weight excluding hydrogens is 396 g/mol. The number of benzene rings is 2. The lowest BCUT2D eigenvalue weighted by Gasteiger charge is -2.17. The Balaban J connectivity index is 1.87. The van der Waals surface area contributed by atoms with Gasteiger partial charge in [-0.05, 0) is 68.8 Å². The quantitative estimate of drug-likeness (QED) is 0.414. The summed E-state index contributed by atoms with van der Waals surface area (Å²) in [6.45, 7) is 10.3. The number of hydrogen-bond donors (Lipinski definition) is 0. The molecule has 0 unspecified atom stereocenters. The highest BCUT2D eigenvalue weighted by atomic mass is 32.2. The van der Waals surface area contributed by atoms with Crippen LogP contribution in [-0.4, -0.2) is 29.5 Å². The number of thioether (sulfide) groups is 1. The Hall–Kier alpha value is -2.99. The first-order valence-electron chi connectivity index (χ1n) is 9.90. The standard InChI is InChI=1S/C24H26N2O3S/c1-5-15-30-24-25-22(16-18-7-11-21(12-8-18)29-17(3)4)23(27)26(24)19-9-13-20(14-10-19)28-6-2/h5,7-14,16-17H,1,6,15H2,2-4H3/b22-16+. The summed E-state index contributed by atoms with van der Waals surface area (Å²) in [5.41, 5.74) is 2.04. The third kappa shape index (κ3) is 5.33. The van der Waals surface area contributed by atoms with E-state index in [0.29, 0.717) is 23.2 Å². The maximum Gasteiger partial charge on any atom is 0.283 e. The molecule has 0 N–H and O–H groups in total. The predicted molar refractivity (Wildman–Crippen MR) is 125 cm³/mol. The minimum absolute atomic E-state index is 0.113. The smallest absolute Gasteiger partial charge is 0.283 e. The molecule has 0 aromatic heterocycles. The molecule has 5 nitrogen and oxygen atoms in total. The molecule has 3 rings (SSSR count). The number of aliphatic imine (C=N–C) groups is 1. The third-order valence-electron chi connectivity index (χ3n) is 4.12. The number of anilines is 1. The molecule has 0 spiro atoms. The van der Waals surface area contributed by atoms with E-state index >= 15 is 0 Å². The van der Waals surface area contributed by atoms with Crippen LogP contribution in [0.4, 0.5) is 5.69 Å². The molecule has 1 amide bonds. The highest BCUT2D eigenvalue weighted by Crippen LogP contribution is 2.30. The largest absolute Gasteiger partial charge is 0.494 e. The Morgan fingerprint density at radius 1 is 1.10 bits per heavy atom. The van der Waals surface area contributed by atoms with Gasteiger partial charge in [0, 0.05) is 5.75 Å². The van der Waals surface area contributed by atoms with Crippen LogP contribution in [0, 0.1) is 0 Å². The van der Waals surface area contributed by atoms with E-state index in [1.165, 1.54) is 11.8 Å². The molecule has 0 atom stereocenters. The van der Waals surface area contributed by atoms with Gasteiger partial charge in [-0.1, -0.05) is 30.0 Å². The second kappa shape index (κ2) is 10.2. The fourth-order valence-corrected chi connectivity index (χ4v) is 3.63. The van der Waals surface area contributed by atoms with Crippen LogP contribution in [0.3, 0.4) is 0 Å². The van der Waals surface area contributed by atoms with Crippen LogP contribution in [-0.2, 0) is 4.79 Å². The van der Waals surface area contributed by atoms with E-state index in [2.05, 4.69) is 11.6 Å². The highest BCUT2D eigenvalue weighted by Gasteiger charge is 2.31. The van der Waals surface area contributed by atoms with E-state index in [9.17, 15) is 4.79 Å². The summed E-state index contributed by atoms with van der Waals surface area (Å²) in [6, 6.07) is 15.1. The molecule has 0 bridgehead atoms. The monoisotopic (exact) mass is 422 g/mol. The lowest BCUT2D eigenvalue weighted by molar-refractivity contribution is -0.113. The summed E-state index contributed by atoms with van der Waals surface area (Å²) in [5, 5.41) is 0.634. The number of carbonyl (C=O) groups is 1. The number of amides is 1. The van der Waals surface area contributed by atoms with Crippen LogP contribution >= 0.6 is 11.8 Å². The number of nitrogens with zero attached hydrogens (tertiary/aromatic N) is 2. The molecule has 0 saturated heterocycles. The van der Waals surface area contributed by atoms with Gasteiger partial charge >= 0.3 is 0 Å². The van der Waals surface area contributed by atoms with Gasteiger partial charge in [0.1, 0.15) is 17.2 Å². The SMILES string of the molecule is C=CCSC1=N/C(=C/c2ccc(OC(C)C)cc2)C(=O)N1c1ccc(OCC)cc1. The Bertz CT molecular complexity index is 947. The maximum absolute atomic E-state index is 13.2. The zero-order valence-electron chi connectivity index (χ0n) is 17.5. The van der Waals surface area contributed by atoms with Gasteiger partial charge in [0.2, 0.25) is 0 Å². The van der Waals surface area contributed by atoms with Crippen LogP contribution in [0.5, 0.6) is 11.5 Å². The molecule has 0 radical (unpaired) electrons. The third-order valence-corrected chi connectivity index (χ3v) is 5.06. The van der Waals surface area contributed by atoms with Crippen molar-refractivity contribution in [1.82, 2.24) is 0 Å². The molecule has 0 saturated carbocycles. The van der Waals surface area contributed by atoms with Crippen molar-refractivity contribution in [2.24, 2.45) is 4.99 Å². The Morgan fingerprint density at radius 2 is 1.77 bits per heavy atom. The minimum atomic E-state index is -0.159. The van der Waals surface area contributed by atoms with Crippen molar-refractivity contribution >= 4 is 34.6 Å². The number of ether oxygens (including phenoxy) is 2. The van der Waals surface area contributed by atoms with Crippen molar-refractivity contribution in [3.05, 3.63) is 72.4 Å². The number of rotatable bonds is 8. The van der Waals surface area contributed by atoms with Crippen molar-refractivity contribution in [3.8, 4) is 11.5 Å². The van der Waals surface area contributed by atoms with Gasteiger partial charge in [0.15, 0.2) is 5.17 Å². The number of amidine groups is 1. The number of hydrogen-bond acceptors (Lipinski definition) is 5. The summed E-state index contributed by atoms with van der Waals surface area (Å²) < 4.78 is 11.2. The fourth-order valence-electron chi connectivity index (χ4n) is 2.89. The first-order chi connectivity index (χ1) is 14.5. The zero-order chi connectivity index (χ0) is 21.5. The molecule has 156 valence electrons. The lowest BCUT2D eigenvalue weighted by atomic mass is 10.2. The van der Waals surface area contributed by atoms with Gasteiger partial charge in [0.25, 0.3) is 5.91 Å². The van der Waals surface area contributed by atoms with Crippen LogP contribution in [0.2, 0.25) is 0 Å². The summed E-state index contributed by atoms with van der Waals surface area (Å²) in [6.07, 6.45) is 3.70. The summed E-state index contributed by atoms with van der Waals surface area (Å²) in [4.78, 5) is 19.4. The predicted octanol–water partition coefficient (Wildman–Crippen LogP) is 5.54. The maximum atomic E-state index is 13.2.